The summed E-state index contributed by atoms with van der Waals surface area (Å²) in [5, 5.41) is 61.3. The van der Waals surface area contributed by atoms with Crippen molar-refractivity contribution in [3.05, 3.63) is 0 Å². The highest BCUT2D eigenvalue weighted by molar-refractivity contribution is 7.80. The molecule has 2 saturated heterocycles. The van der Waals surface area contributed by atoms with E-state index < -0.39 is 90.2 Å². The van der Waals surface area contributed by atoms with Gasteiger partial charge in [-0.25, -0.2) is 8.98 Å². The van der Waals surface area contributed by atoms with Crippen molar-refractivity contribution in [2.75, 3.05) is 6.61 Å². The first-order valence-corrected chi connectivity index (χ1v) is 10.1. The predicted molar refractivity (Wildman–Crippen MR) is 91.2 cm³/mol. The van der Waals surface area contributed by atoms with Crippen LogP contribution in [-0.4, -0.2) is 123 Å². The predicted octanol–water partition coefficient (Wildman–Crippen LogP) is -5.33. The minimum absolute atomic E-state index is 0.744. The van der Waals surface area contributed by atoms with Crippen molar-refractivity contribution >= 4 is 22.3 Å². The highest BCUT2D eigenvalue weighted by Gasteiger charge is 2.52. The molecule has 2 aliphatic rings. The first-order chi connectivity index (χ1) is 14.2. The van der Waals surface area contributed by atoms with Crippen molar-refractivity contribution in [2.45, 2.75) is 68.3 Å². The number of hydrogen-bond donors (Lipinski definition) is 8. The van der Waals surface area contributed by atoms with E-state index in [1.165, 1.54) is 0 Å². The summed E-state index contributed by atoms with van der Waals surface area (Å²) in [6, 6.07) is -1.57. The molecule has 16 nitrogen and oxygen atoms in total. The molecule has 0 aromatic rings. The topological polar surface area (TPSA) is 259 Å². The van der Waals surface area contributed by atoms with Gasteiger partial charge in [0.1, 0.15) is 42.7 Å². The number of carbonyl (C=O) groups excluding carboxylic acids is 1. The Morgan fingerprint density at radius 3 is 2.13 bits per heavy atom. The molecule has 0 bridgehead atoms. The summed E-state index contributed by atoms with van der Waals surface area (Å²) in [5.41, 5.74) is 0. The normalized spacial score (nSPS) is 41.5. The van der Waals surface area contributed by atoms with Crippen LogP contribution in [0.1, 0.15) is 6.92 Å². The van der Waals surface area contributed by atoms with E-state index in [9.17, 15) is 48.6 Å². The molecule has 0 saturated carbocycles. The lowest BCUT2D eigenvalue weighted by Gasteiger charge is -2.46. The number of ether oxygens (including phenoxy) is 3. The van der Waals surface area contributed by atoms with Crippen LogP contribution >= 0.6 is 0 Å². The molecular formula is C14H23NO15S. The summed E-state index contributed by atoms with van der Waals surface area (Å²) in [6.45, 7) is 0.0134. The number of aliphatic hydroxyl groups is 5. The van der Waals surface area contributed by atoms with Crippen LogP contribution in [0.15, 0.2) is 0 Å². The molecule has 8 N–H and O–H groups in total. The van der Waals surface area contributed by atoms with Crippen molar-refractivity contribution < 1.29 is 71.6 Å². The van der Waals surface area contributed by atoms with E-state index >= 15 is 0 Å². The molecule has 2 heterocycles. The van der Waals surface area contributed by atoms with E-state index in [0.717, 1.165) is 6.92 Å². The number of carboxylic acids is 1. The van der Waals surface area contributed by atoms with E-state index in [-0.39, 0.29) is 0 Å². The highest BCUT2D eigenvalue weighted by Crippen LogP contribution is 2.29. The number of aliphatic hydroxyl groups excluding tert-OH is 5. The van der Waals surface area contributed by atoms with Crippen LogP contribution in [0.2, 0.25) is 0 Å². The average molecular weight is 477 g/mol. The zero-order valence-corrected chi connectivity index (χ0v) is 16.6. The number of nitrogens with one attached hydrogen (secondary N) is 1. The molecule has 1 unspecified atom stereocenters. The van der Waals surface area contributed by atoms with Crippen LogP contribution in [0.3, 0.4) is 0 Å². The Balaban J connectivity index is 2.30. The van der Waals surface area contributed by atoms with Crippen LogP contribution in [0.5, 0.6) is 0 Å². The average Bonchev–Trinajstić information content (AvgIpc) is 2.65. The van der Waals surface area contributed by atoms with Crippen LogP contribution in [-0.2, 0) is 38.4 Å². The molecule has 10 atom stereocenters. The number of aliphatic carboxylic acids is 1. The van der Waals surface area contributed by atoms with Gasteiger partial charge in [0.25, 0.3) is 0 Å². The molecule has 2 fully saturated rings. The second-order valence-corrected chi connectivity index (χ2v) is 7.92. The van der Waals surface area contributed by atoms with E-state index in [1.54, 1.807) is 0 Å². The quantitative estimate of drug-likeness (QED) is 0.159. The van der Waals surface area contributed by atoms with Crippen LogP contribution in [0, 0.1) is 0 Å². The minimum Gasteiger partial charge on any atom is -0.479 e. The number of rotatable bonds is 7. The first kappa shape index (κ1) is 25.7. The van der Waals surface area contributed by atoms with Crippen molar-refractivity contribution in [1.82, 2.24) is 5.32 Å². The summed E-state index contributed by atoms with van der Waals surface area (Å²) in [4.78, 5) is 22.9. The maximum absolute atomic E-state index is 11.5. The summed E-state index contributed by atoms with van der Waals surface area (Å²) in [7, 11) is -4.97. The van der Waals surface area contributed by atoms with Gasteiger partial charge in [0.15, 0.2) is 18.7 Å². The standard InChI is InChI=1S/C14H23NO15S/c1-3(16)15-5-7(18)6(17)4(2-27-31(24,25)26)28-14(5)30-10-8(19)9(20)13(23)29-11(10)12(21)22/h4-11,13-14,17-20,23H,2H2,1H3,(H,15,16)(H,21,22)(H,24,25,26)/t4-,5-,6-,7-,8-,9-,10+,11+,13?,14-/m1/s1. The molecular weight excluding hydrogens is 454 g/mol. The molecule has 0 aromatic carbocycles. The molecule has 2 aliphatic heterocycles. The number of hydrogen-bond acceptors (Lipinski definition) is 13. The summed E-state index contributed by atoms with van der Waals surface area (Å²) < 4.78 is 49.6. The zero-order chi connectivity index (χ0) is 23.7. The van der Waals surface area contributed by atoms with Crippen molar-refractivity contribution in [1.29, 1.82) is 0 Å². The molecule has 2 rings (SSSR count). The van der Waals surface area contributed by atoms with Gasteiger partial charge in [0.2, 0.25) is 5.91 Å². The van der Waals surface area contributed by atoms with Gasteiger partial charge in [-0.05, 0) is 0 Å². The highest BCUT2D eigenvalue weighted by atomic mass is 32.3. The van der Waals surface area contributed by atoms with E-state index in [1.807, 2.05) is 0 Å². The Kier molecular flexibility index (Phi) is 8.27. The third-order valence-electron chi connectivity index (χ3n) is 4.55. The van der Waals surface area contributed by atoms with Gasteiger partial charge in [0.05, 0.1) is 6.61 Å². The number of amides is 1. The van der Waals surface area contributed by atoms with Gasteiger partial charge in [-0.1, -0.05) is 0 Å². The third kappa shape index (κ3) is 6.26. The molecule has 1 amide bonds. The number of carboxylic acid groups (broad SMARTS) is 1. The van der Waals surface area contributed by atoms with E-state index in [0.29, 0.717) is 0 Å². The SMILES string of the molecule is CC(=O)N[C@H]1[C@@H](O[C@H]2[C@H](O)[C@@H](O)C(O)O[C@@H]2C(=O)O)O[C@H](COS(=O)(=O)O)[C@@H](O)[C@@H]1O. The zero-order valence-electron chi connectivity index (χ0n) is 15.8. The summed E-state index contributed by atoms with van der Waals surface area (Å²) >= 11 is 0. The smallest absolute Gasteiger partial charge is 0.397 e. The van der Waals surface area contributed by atoms with Gasteiger partial charge >= 0.3 is 16.4 Å². The molecule has 0 aliphatic carbocycles. The lowest BCUT2D eigenvalue weighted by Crippen LogP contribution is -2.68. The maximum atomic E-state index is 11.5. The Morgan fingerprint density at radius 2 is 1.61 bits per heavy atom. The fraction of sp³-hybridized carbons (Fsp3) is 0.857. The van der Waals surface area contributed by atoms with Gasteiger partial charge < -0.3 is 50.2 Å². The molecule has 0 radical (unpaired) electrons. The monoisotopic (exact) mass is 477 g/mol. The third-order valence-corrected chi connectivity index (χ3v) is 4.98. The molecule has 31 heavy (non-hydrogen) atoms. The summed E-state index contributed by atoms with van der Waals surface area (Å²) in [5.74, 6) is -2.46. The van der Waals surface area contributed by atoms with Gasteiger partial charge in [-0.3, -0.25) is 9.35 Å². The molecule has 0 spiro atoms. The molecule has 180 valence electrons. The Labute approximate surface area is 174 Å². The second-order valence-electron chi connectivity index (χ2n) is 6.83. The Bertz CT molecular complexity index is 761. The van der Waals surface area contributed by atoms with Crippen molar-refractivity contribution in [2.24, 2.45) is 0 Å². The van der Waals surface area contributed by atoms with Gasteiger partial charge in [-0.2, -0.15) is 8.42 Å². The van der Waals surface area contributed by atoms with Gasteiger partial charge in [0, 0.05) is 6.92 Å². The van der Waals surface area contributed by atoms with Crippen LogP contribution < -0.4 is 5.32 Å². The molecule has 17 heteroatoms. The lowest BCUT2D eigenvalue weighted by molar-refractivity contribution is -0.335. The van der Waals surface area contributed by atoms with E-state index in [2.05, 4.69) is 9.50 Å². The lowest BCUT2D eigenvalue weighted by atomic mass is 9.95. The van der Waals surface area contributed by atoms with Crippen LogP contribution in [0.25, 0.3) is 0 Å². The maximum Gasteiger partial charge on any atom is 0.397 e. The second kappa shape index (κ2) is 9.96. The van der Waals surface area contributed by atoms with Crippen molar-refractivity contribution in [3.63, 3.8) is 0 Å². The Morgan fingerprint density at radius 1 is 1.00 bits per heavy atom. The first-order valence-electron chi connectivity index (χ1n) is 8.71. The Hall–Kier alpha value is -1.51. The van der Waals surface area contributed by atoms with E-state index in [4.69, 9.17) is 18.8 Å². The fourth-order valence-electron chi connectivity index (χ4n) is 3.08. The van der Waals surface area contributed by atoms with Gasteiger partial charge in [-0.15, -0.1) is 0 Å². The van der Waals surface area contributed by atoms with Crippen molar-refractivity contribution in [3.8, 4) is 0 Å². The minimum atomic E-state index is -4.97. The fourth-order valence-corrected chi connectivity index (χ4v) is 3.39. The largest absolute Gasteiger partial charge is 0.479 e. The van der Waals surface area contributed by atoms with Crippen LogP contribution in [0.4, 0.5) is 0 Å². The molecule has 0 aromatic heterocycles. The summed E-state index contributed by atoms with van der Waals surface area (Å²) in [6.07, 6.45) is -17.3. The number of carbonyl (C=O) groups is 2.